The zero-order valence-corrected chi connectivity index (χ0v) is 16.2. The normalized spacial score (nSPS) is 10.9. The maximum Gasteiger partial charge on any atom is 0.410 e. The molecule has 0 aliphatic rings. The molecular formula is C22H27NO4. The van der Waals surface area contributed by atoms with E-state index in [4.69, 9.17) is 9.47 Å². The molecule has 2 aromatic rings. The number of carbonyl (C=O) groups is 2. The van der Waals surface area contributed by atoms with Gasteiger partial charge in [0.1, 0.15) is 24.2 Å². The Morgan fingerprint density at radius 1 is 1.00 bits per heavy atom. The third-order valence-electron chi connectivity index (χ3n) is 3.79. The summed E-state index contributed by atoms with van der Waals surface area (Å²) in [6, 6.07) is 17.7. The first-order valence-electron chi connectivity index (χ1n) is 9.04. The van der Waals surface area contributed by atoms with Gasteiger partial charge < -0.3 is 19.2 Å². The van der Waals surface area contributed by atoms with E-state index in [0.29, 0.717) is 25.9 Å². The average molecular weight is 369 g/mol. The molecule has 0 fully saturated rings. The fourth-order valence-corrected chi connectivity index (χ4v) is 2.43. The lowest BCUT2D eigenvalue weighted by Crippen LogP contribution is -2.39. The van der Waals surface area contributed by atoms with Crippen LogP contribution in [0.25, 0.3) is 0 Å². The highest BCUT2D eigenvalue weighted by atomic mass is 16.6. The van der Waals surface area contributed by atoms with Gasteiger partial charge in [0.2, 0.25) is 0 Å². The minimum Gasteiger partial charge on any atom is -0.489 e. The highest BCUT2D eigenvalue weighted by molar-refractivity contribution is 5.71. The molecule has 144 valence electrons. The number of aldehydes is 1. The molecule has 0 spiro atoms. The molecule has 0 aliphatic heterocycles. The van der Waals surface area contributed by atoms with Gasteiger partial charge in [-0.05, 0) is 50.5 Å². The number of rotatable bonds is 8. The summed E-state index contributed by atoms with van der Waals surface area (Å²) in [5.74, 6) is 0.791. The van der Waals surface area contributed by atoms with Gasteiger partial charge >= 0.3 is 6.09 Å². The predicted molar refractivity (Wildman–Crippen MR) is 105 cm³/mol. The Hall–Kier alpha value is -2.82. The second-order valence-electron chi connectivity index (χ2n) is 7.26. The fraction of sp³-hybridized carbons (Fsp3) is 0.364. The number of hydrogen-bond acceptors (Lipinski definition) is 4. The first-order chi connectivity index (χ1) is 12.9. The van der Waals surface area contributed by atoms with E-state index in [1.54, 1.807) is 20.8 Å². The van der Waals surface area contributed by atoms with Gasteiger partial charge in [0.25, 0.3) is 0 Å². The summed E-state index contributed by atoms with van der Waals surface area (Å²) in [6.07, 6.45) is 0.869. The number of amides is 1. The van der Waals surface area contributed by atoms with E-state index in [-0.39, 0.29) is 6.54 Å². The van der Waals surface area contributed by atoms with E-state index < -0.39 is 11.7 Å². The van der Waals surface area contributed by atoms with Gasteiger partial charge in [-0.15, -0.1) is 0 Å². The molecule has 0 bridgehead atoms. The average Bonchev–Trinajstić information content (AvgIpc) is 2.63. The molecule has 2 aromatic carbocycles. The molecule has 27 heavy (non-hydrogen) atoms. The van der Waals surface area contributed by atoms with Gasteiger partial charge in [-0.25, -0.2) is 4.79 Å². The van der Waals surface area contributed by atoms with Crippen molar-refractivity contribution in [3.63, 3.8) is 0 Å². The molecule has 0 atom stereocenters. The number of hydrogen-bond donors (Lipinski definition) is 0. The Balaban J connectivity index is 1.86. The summed E-state index contributed by atoms with van der Waals surface area (Å²) in [5.41, 5.74) is 1.58. The van der Waals surface area contributed by atoms with Gasteiger partial charge in [-0.2, -0.15) is 0 Å². The molecule has 0 aliphatic carbocycles. The first-order valence-corrected chi connectivity index (χ1v) is 9.04. The molecule has 5 nitrogen and oxygen atoms in total. The van der Waals surface area contributed by atoms with Gasteiger partial charge in [0, 0.05) is 6.54 Å². The zero-order valence-electron chi connectivity index (χ0n) is 16.2. The monoisotopic (exact) mass is 369 g/mol. The zero-order chi connectivity index (χ0) is 19.7. The predicted octanol–water partition coefficient (Wildman–Crippen LogP) is 4.24. The van der Waals surface area contributed by atoms with Crippen molar-refractivity contribution in [2.45, 2.75) is 39.4 Å². The Morgan fingerprint density at radius 3 is 2.26 bits per heavy atom. The van der Waals surface area contributed by atoms with E-state index in [1.807, 2.05) is 54.6 Å². The van der Waals surface area contributed by atoms with Crippen LogP contribution in [0.1, 0.15) is 31.9 Å². The van der Waals surface area contributed by atoms with Crippen LogP contribution in [0, 0.1) is 0 Å². The summed E-state index contributed by atoms with van der Waals surface area (Å²) < 4.78 is 11.1. The largest absolute Gasteiger partial charge is 0.489 e. The standard InChI is InChI=1S/C22H27NO4/c1-22(2,3)27-21(25)23(15-16-24)14-13-18-9-11-20(12-10-18)26-17-19-7-5-4-6-8-19/h4-12,16H,13-15,17H2,1-3H3. The molecule has 0 saturated heterocycles. The Labute approximate surface area is 160 Å². The number of nitrogens with zero attached hydrogens (tertiary/aromatic N) is 1. The fourth-order valence-electron chi connectivity index (χ4n) is 2.43. The molecular weight excluding hydrogens is 342 g/mol. The van der Waals surface area contributed by atoms with Gasteiger partial charge in [0.15, 0.2) is 0 Å². The van der Waals surface area contributed by atoms with Crippen LogP contribution in [0.4, 0.5) is 4.79 Å². The van der Waals surface area contributed by atoms with Crippen LogP contribution < -0.4 is 4.74 Å². The third kappa shape index (κ3) is 7.52. The van der Waals surface area contributed by atoms with E-state index in [9.17, 15) is 9.59 Å². The maximum atomic E-state index is 12.2. The molecule has 1 amide bonds. The van der Waals surface area contributed by atoms with Crippen LogP contribution in [0.3, 0.4) is 0 Å². The molecule has 0 N–H and O–H groups in total. The third-order valence-corrected chi connectivity index (χ3v) is 3.79. The van der Waals surface area contributed by atoms with Gasteiger partial charge in [0.05, 0.1) is 6.54 Å². The molecule has 0 radical (unpaired) electrons. The van der Waals surface area contributed by atoms with Crippen LogP contribution in [-0.2, 0) is 22.6 Å². The molecule has 0 saturated carbocycles. The number of benzene rings is 2. The first kappa shape index (κ1) is 20.5. The summed E-state index contributed by atoms with van der Waals surface area (Å²) in [6.45, 7) is 6.37. The molecule has 0 unspecified atom stereocenters. The topological polar surface area (TPSA) is 55.8 Å². The highest BCUT2D eigenvalue weighted by Crippen LogP contribution is 2.15. The Kier molecular flexibility index (Phi) is 7.41. The second kappa shape index (κ2) is 9.76. The molecule has 5 heteroatoms. The van der Waals surface area contributed by atoms with Crippen molar-refractivity contribution < 1.29 is 19.1 Å². The van der Waals surface area contributed by atoms with E-state index in [2.05, 4.69) is 0 Å². The Bertz CT molecular complexity index is 720. The van der Waals surface area contributed by atoms with Crippen LogP contribution in [-0.4, -0.2) is 36.0 Å². The summed E-state index contributed by atoms with van der Waals surface area (Å²) in [4.78, 5) is 24.4. The minimum atomic E-state index is -0.587. The van der Waals surface area contributed by atoms with E-state index in [1.165, 1.54) is 4.90 Å². The van der Waals surface area contributed by atoms with E-state index >= 15 is 0 Å². The van der Waals surface area contributed by atoms with Crippen LogP contribution in [0.5, 0.6) is 5.75 Å². The lowest BCUT2D eigenvalue weighted by molar-refractivity contribution is -0.109. The molecule has 0 aromatic heterocycles. The van der Waals surface area contributed by atoms with Crippen molar-refractivity contribution in [1.82, 2.24) is 4.90 Å². The van der Waals surface area contributed by atoms with Crippen LogP contribution >= 0.6 is 0 Å². The van der Waals surface area contributed by atoms with Crippen molar-refractivity contribution in [3.05, 3.63) is 65.7 Å². The number of carbonyl (C=O) groups excluding carboxylic acids is 2. The minimum absolute atomic E-state index is 0.0210. The lowest BCUT2D eigenvalue weighted by Gasteiger charge is -2.26. The highest BCUT2D eigenvalue weighted by Gasteiger charge is 2.21. The van der Waals surface area contributed by atoms with Crippen molar-refractivity contribution >= 4 is 12.4 Å². The van der Waals surface area contributed by atoms with Crippen molar-refractivity contribution in [3.8, 4) is 5.75 Å². The Morgan fingerprint density at radius 2 is 1.67 bits per heavy atom. The maximum absolute atomic E-state index is 12.2. The SMILES string of the molecule is CC(C)(C)OC(=O)N(CC=O)CCc1ccc(OCc2ccccc2)cc1. The van der Waals surface area contributed by atoms with Crippen molar-refractivity contribution in [1.29, 1.82) is 0 Å². The van der Waals surface area contributed by atoms with E-state index in [0.717, 1.165) is 16.9 Å². The van der Waals surface area contributed by atoms with Gasteiger partial charge in [-0.3, -0.25) is 0 Å². The smallest absolute Gasteiger partial charge is 0.410 e. The number of ether oxygens (including phenoxy) is 2. The summed E-state index contributed by atoms with van der Waals surface area (Å²) in [5, 5.41) is 0. The van der Waals surface area contributed by atoms with Gasteiger partial charge in [-0.1, -0.05) is 42.5 Å². The molecule has 0 heterocycles. The van der Waals surface area contributed by atoms with Crippen LogP contribution in [0.2, 0.25) is 0 Å². The quantitative estimate of drug-likeness (QED) is 0.653. The van der Waals surface area contributed by atoms with Crippen LogP contribution in [0.15, 0.2) is 54.6 Å². The lowest BCUT2D eigenvalue weighted by atomic mass is 10.1. The van der Waals surface area contributed by atoms with Crippen molar-refractivity contribution in [2.24, 2.45) is 0 Å². The molecule has 2 rings (SSSR count). The summed E-state index contributed by atoms with van der Waals surface area (Å²) in [7, 11) is 0. The second-order valence-corrected chi connectivity index (χ2v) is 7.26. The summed E-state index contributed by atoms with van der Waals surface area (Å²) >= 11 is 0. The van der Waals surface area contributed by atoms with Crippen molar-refractivity contribution in [2.75, 3.05) is 13.1 Å².